The van der Waals surface area contributed by atoms with Gasteiger partial charge in [0.1, 0.15) is 5.75 Å². The maximum Gasteiger partial charge on any atom is 0.122 e. The quantitative estimate of drug-likeness (QED) is 0.400. The second kappa shape index (κ2) is 12.9. The van der Waals surface area contributed by atoms with Crippen LogP contribution in [0.2, 0.25) is 0 Å². The van der Waals surface area contributed by atoms with Gasteiger partial charge in [0.2, 0.25) is 0 Å². The summed E-state index contributed by atoms with van der Waals surface area (Å²) in [6, 6.07) is 6.03. The first-order valence-corrected chi connectivity index (χ1v) is 10.3. The summed E-state index contributed by atoms with van der Waals surface area (Å²) in [4.78, 5) is 0. The van der Waals surface area contributed by atoms with Gasteiger partial charge in [0.05, 0.1) is 0 Å². The van der Waals surface area contributed by atoms with Crippen molar-refractivity contribution in [2.45, 2.75) is 83.8 Å². The number of hydrogen-bond acceptors (Lipinski definition) is 2. The molecule has 0 aromatic heterocycles. The van der Waals surface area contributed by atoms with Crippen LogP contribution in [0.5, 0.6) is 5.75 Å². The van der Waals surface area contributed by atoms with Crippen molar-refractivity contribution in [3.8, 4) is 5.75 Å². The van der Waals surface area contributed by atoms with Crippen molar-refractivity contribution in [3.05, 3.63) is 29.3 Å². The lowest BCUT2D eigenvalue weighted by molar-refractivity contribution is 0.466. The van der Waals surface area contributed by atoms with Gasteiger partial charge in [-0.25, -0.2) is 0 Å². The number of benzene rings is 1. The van der Waals surface area contributed by atoms with Crippen molar-refractivity contribution in [1.29, 1.82) is 0 Å². The van der Waals surface area contributed by atoms with E-state index in [1.165, 1.54) is 70.0 Å². The van der Waals surface area contributed by atoms with Crippen molar-refractivity contribution < 1.29 is 5.11 Å². The first-order valence-electron chi connectivity index (χ1n) is 9.11. The highest BCUT2D eigenvalue weighted by molar-refractivity contribution is 7.98. The Balaban J connectivity index is 1.90. The fourth-order valence-corrected chi connectivity index (χ4v) is 3.72. The number of rotatable bonds is 13. The molecule has 0 aliphatic rings. The summed E-state index contributed by atoms with van der Waals surface area (Å²) in [7, 11) is 0. The largest absolute Gasteiger partial charge is 0.507 e. The van der Waals surface area contributed by atoms with E-state index in [1.54, 1.807) is 0 Å². The van der Waals surface area contributed by atoms with Gasteiger partial charge < -0.3 is 5.11 Å². The number of aromatic hydroxyl groups is 1. The predicted molar refractivity (Wildman–Crippen MR) is 101 cm³/mol. The molecule has 1 N–H and O–H groups in total. The molecule has 0 saturated heterocycles. The van der Waals surface area contributed by atoms with E-state index in [1.807, 2.05) is 36.9 Å². The summed E-state index contributed by atoms with van der Waals surface area (Å²) in [5.41, 5.74) is 2.06. The van der Waals surface area contributed by atoms with E-state index in [0.717, 1.165) is 16.9 Å². The summed E-state index contributed by atoms with van der Waals surface area (Å²) in [6.07, 6.45) is 14.0. The van der Waals surface area contributed by atoms with Gasteiger partial charge in [-0.3, -0.25) is 0 Å². The molecule has 1 nitrogen and oxygen atoms in total. The standard InChI is InChI=1S/C20H34OS/c1-3-4-5-6-7-8-9-10-11-12-16-22-17-19-15-13-14-18(2)20(19)21/h13-15,21H,3-12,16-17H2,1-2H3. The number of phenols is 1. The first kappa shape index (κ1) is 19.4. The normalized spacial score (nSPS) is 11.0. The number of aryl methyl sites for hydroxylation is 1. The van der Waals surface area contributed by atoms with Gasteiger partial charge in [-0.1, -0.05) is 82.9 Å². The number of phenolic OH excluding ortho intramolecular Hbond substituents is 1. The van der Waals surface area contributed by atoms with Crippen molar-refractivity contribution >= 4 is 11.8 Å². The van der Waals surface area contributed by atoms with Crippen molar-refractivity contribution in [1.82, 2.24) is 0 Å². The molecule has 0 bridgehead atoms. The van der Waals surface area contributed by atoms with Crippen LogP contribution < -0.4 is 0 Å². The zero-order valence-electron chi connectivity index (χ0n) is 14.6. The van der Waals surface area contributed by atoms with Crippen LogP contribution in [0.4, 0.5) is 0 Å². The predicted octanol–water partition coefficient (Wildman–Crippen LogP) is 6.85. The van der Waals surface area contributed by atoms with E-state index in [4.69, 9.17) is 0 Å². The first-order chi connectivity index (χ1) is 10.8. The van der Waals surface area contributed by atoms with Crippen LogP contribution in [-0.2, 0) is 5.75 Å². The molecule has 0 aliphatic carbocycles. The fraction of sp³-hybridized carbons (Fsp3) is 0.700. The molecule has 0 fully saturated rings. The topological polar surface area (TPSA) is 20.2 Å². The van der Waals surface area contributed by atoms with Gasteiger partial charge in [0.25, 0.3) is 0 Å². The molecule has 126 valence electrons. The Labute approximate surface area is 141 Å². The van der Waals surface area contributed by atoms with Gasteiger partial charge >= 0.3 is 0 Å². The summed E-state index contributed by atoms with van der Waals surface area (Å²) in [6.45, 7) is 4.24. The average molecular weight is 323 g/mol. The molecule has 1 aromatic carbocycles. The minimum absolute atomic E-state index is 0.484. The molecule has 0 spiro atoms. The van der Waals surface area contributed by atoms with Crippen LogP contribution in [-0.4, -0.2) is 10.9 Å². The number of thioether (sulfide) groups is 1. The minimum Gasteiger partial charge on any atom is -0.507 e. The summed E-state index contributed by atoms with van der Waals surface area (Å²) in [5.74, 6) is 2.63. The Morgan fingerprint density at radius 3 is 2.09 bits per heavy atom. The number of unbranched alkanes of at least 4 members (excludes halogenated alkanes) is 9. The maximum absolute atomic E-state index is 9.96. The molecule has 1 rings (SSSR count). The molecule has 0 atom stereocenters. The smallest absolute Gasteiger partial charge is 0.122 e. The van der Waals surface area contributed by atoms with Crippen molar-refractivity contribution in [3.63, 3.8) is 0 Å². The number of para-hydroxylation sites is 1. The SMILES string of the molecule is CCCCCCCCCCCCSCc1cccc(C)c1O. The fourth-order valence-electron chi connectivity index (χ4n) is 2.71. The molecule has 22 heavy (non-hydrogen) atoms. The summed E-state index contributed by atoms with van der Waals surface area (Å²) >= 11 is 1.95. The Morgan fingerprint density at radius 1 is 0.864 bits per heavy atom. The van der Waals surface area contributed by atoms with E-state index in [-0.39, 0.29) is 0 Å². The lowest BCUT2D eigenvalue weighted by Gasteiger charge is -2.07. The van der Waals surface area contributed by atoms with Gasteiger partial charge in [-0.2, -0.15) is 11.8 Å². The van der Waals surface area contributed by atoms with E-state index >= 15 is 0 Å². The second-order valence-electron chi connectivity index (χ2n) is 6.32. The molecule has 2 heteroatoms. The van der Waals surface area contributed by atoms with E-state index in [0.29, 0.717) is 5.75 Å². The third kappa shape index (κ3) is 8.73. The molecule has 1 aromatic rings. The van der Waals surface area contributed by atoms with Crippen LogP contribution in [0.3, 0.4) is 0 Å². The van der Waals surface area contributed by atoms with Crippen molar-refractivity contribution in [2.75, 3.05) is 5.75 Å². The molecule has 0 unspecified atom stereocenters. The van der Waals surface area contributed by atoms with E-state index in [2.05, 4.69) is 6.92 Å². The van der Waals surface area contributed by atoms with E-state index < -0.39 is 0 Å². The maximum atomic E-state index is 9.96. The molecule has 0 heterocycles. The Kier molecular flexibility index (Phi) is 11.4. The van der Waals surface area contributed by atoms with Crippen LogP contribution in [0.25, 0.3) is 0 Å². The Bertz CT molecular complexity index is 389. The summed E-state index contributed by atoms with van der Waals surface area (Å²) < 4.78 is 0. The summed E-state index contributed by atoms with van der Waals surface area (Å²) in [5, 5.41) is 9.96. The van der Waals surface area contributed by atoms with Gasteiger partial charge in [0.15, 0.2) is 0 Å². The van der Waals surface area contributed by atoms with Crippen molar-refractivity contribution in [2.24, 2.45) is 0 Å². The molecule has 0 aliphatic heterocycles. The average Bonchev–Trinajstić information content (AvgIpc) is 2.52. The molecular formula is C20H34OS. The monoisotopic (exact) mass is 322 g/mol. The van der Waals surface area contributed by atoms with Crippen LogP contribution in [0, 0.1) is 6.92 Å². The lowest BCUT2D eigenvalue weighted by atomic mass is 10.1. The second-order valence-corrected chi connectivity index (χ2v) is 7.42. The molecule has 0 amide bonds. The van der Waals surface area contributed by atoms with Gasteiger partial charge in [0, 0.05) is 11.3 Å². The molecule has 0 radical (unpaired) electrons. The zero-order valence-corrected chi connectivity index (χ0v) is 15.4. The minimum atomic E-state index is 0.484. The highest BCUT2D eigenvalue weighted by Crippen LogP contribution is 2.26. The Morgan fingerprint density at radius 2 is 1.45 bits per heavy atom. The molecule has 0 saturated carbocycles. The van der Waals surface area contributed by atoms with Crippen LogP contribution >= 0.6 is 11.8 Å². The van der Waals surface area contributed by atoms with Crippen LogP contribution in [0.1, 0.15) is 82.3 Å². The zero-order chi connectivity index (χ0) is 16.0. The lowest BCUT2D eigenvalue weighted by Crippen LogP contribution is -1.87. The van der Waals surface area contributed by atoms with Gasteiger partial charge in [-0.15, -0.1) is 0 Å². The van der Waals surface area contributed by atoms with E-state index in [9.17, 15) is 5.11 Å². The highest BCUT2D eigenvalue weighted by Gasteiger charge is 2.03. The molecular weight excluding hydrogens is 288 g/mol. The highest BCUT2D eigenvalue weighted by atomic mass is 32.2. The van der Waals surface area contributed by atoms with Crippen LogP contribution in [0.15, 0.2) is 18.2 Å². The number of hydrogen-bond donors (Lipinski definition) is 1. The third-order valence-electron chi connectivity index (χ3n) is 4.22. The van der Waals surface area contributed by atoms with Gasteiger partial charge in [-0.05, 0) is 24.7 Å². The Hall–Kier alpha value is -0.630. The third-order valence-corrected chi connectivity index (χ3v) is 5.31.